The number of hydrogen-bond donors (Lipinski definition) is 2. The summed E-state index contributed by atoms with van der Waals surface area (Å²) in [6, 6.07) is 0.0914. The fourth-order valence-corrected chi connectivity index (χ4v) is 2.59. The lowest BCUT2D eigenvalue weighted by Crippen LogP contribution is -2.47. The molecular weight excluding hydrogens is 322 g/mol. The Morgan fingerprint density at radius 3 is 2.80 bits per heavy atom. The summed E-state index contributed by atoms with van der Waals surface area (Å²) in [7, 11) is 0. The van der Waals surface area contributed by atoms with Gasteiger partial charge in [-0.15, -0.1) is 0 Å². The molecule has 5 nitrogen and oxygen atoms in total. The van der Waals surface area contributed by atoms with E-state index < -0.39 is 0 Å². The van der Waals surface area contributed by atoms with Crippen LogP contribution in [0.15, 0.2) is 10.7 Å². The van der Waals surface area contributed by atoms with Crippen molar-refractivity contribution < 1.29 is 9.90 Å². The quantitative estimate of drug-likeness (QED) is 0.884. The van der Waals surface area contributed by atoms with Crippen molar-refractivity contribution in [3.63, 3.8) is 0 Å². The molecule has 0 bridgehead atoms. The van der Waals surface area contributed by atoms with Crippen molar-refractivity contribution in [2.24, 2.45) is 0 Å². The van der Waals surface area contributed by atoms with Gasteiger partial charge < -0.3 is 15.3 Å². The van der Waals surface area contributed by atoms with Gasteiger partial charge in [-0.25, -0.2) is 4.79 Å². The van der Waals surface area contributed by atoms with Crippen LogP contribution in [0.2, 0.25) is 0 Å². The molecule has 1 fully saturated rings. The van der Waals surface area contributed by atoms with Gasteiger partial charge in [0.1, 0.15) is 0 Å². The monoisotopic (exact) mass is 341 g/mol. The molecule has 1 heterocycles. The summed E-state index contributed by atoms with van der Waals surface area (Å²) in [5.74, 6) is 0. The zero-order chi connectivity index (χ0) is 14.7. The number of aromatic nitrogens is 1. The molecule has 0 unspecified atom stereocenters. The van der Waals surface area contributed by atoms with Crippen molar-refractivity contribution in [1.82, 2.24) is 9.88 Å². The standard InChI is InChI=1S/C14H20BrN3O2/c1-9-12(8-16-10(2)13(9)15)17-14(20)18(6-7-19)11-4-3-5-11/h8,11,19H,3-7H2,1-2H3,(H,17,20). The average molecular weight is 342 g/mol. The summed E-state index contributed by atoms with van der Waals surface area (Å²) in [6.07, 6.45) is 4.85. The van der Waals surface area contributed by atoms with Crippen LogP contribution >= 0.6 is 15.9 Å². The number of urea groups is 1. The number of aliphatic hydroxyl groups is 1. The SMILES string of the molecule is Cc1ncc(NC(=O)N(CCO)C2CCC2)c(C)c1Br. The highest BCUT2D eigenvalue weighted by Crippen LogP contribution is 2.28. The second kappa shape index (κ2) is 6.54. The number of nitrogens with zero attached hydrogens (tertiary/aromatic N) is 2. The lowest BCUT2D eigenvalue weighted by atomic mass is 9.92. The summed E-state index contributed by atoms with van der Waals surface area (Å²) >= 11 is 3.47. The molecule has 1 aromatic heterocycles. The maximum atomic E-state index is 12.3. The van der Waals surface area contributed by atoms with Crippen molar-refractivity contribution in [2.45, 2.75) is 39.2 Å². The van der Waals surface area contributed by atoms with E-state index in [2.05, 4.69) is 26.2 Å². The maximum Gasteiger partial charge on any atom is 0.322 e. The summed E-state index contributed by atoms with van der Waals surface area (Å²) in [5.41, 5.74) is 2.56. The van der Waals surface area contributed by atoms with E-state index in [0.717, 1.165) is 35.0 Å². The first-order valence-electron chi connectivity index (χ1n) is 6.84. The van der Waals surface area contributed by atoms with Crippen molar-refractivity contribution in [3.05, 3.63) is 21.9 Å². The fourth-order valence-electron chi connectivity index (χ4n) is 2.27. The van der Waals surface area contributed by atoms with Gasteiger partial charge in [0, 0.05) is 17.1 Å². The second-order valence-corrected chi connectivity index (χ2v) is 5.92. The fraction of sp³-hybridized carbons (Fsp3) is 0.571. The Morgan fingerprint density at radius 1 is 1.55 bits per heavy atom. The molecule has 0 atom stereocenters. The molecule has 6 heteroatoms. The number of rotatable bonds is 4. The van der Waals surface area contributed by atoms with E-state index in [1.165, 1.54) is 0 Å². The molecule has 1 saturated carbocycles. The molecule has 0 spiro atoms. The van der Waals surface area contributed by atoms with Gasteiger partial charge in [-0.05, 0) is 54.6 Å². The van der Waals surface area contributed by atoms with Crippen molar-refractivity contribution >= 4 is 27.6 Å². The molecule has 0 aromatic carbocycles. The topological polar surface area (TPSA) is 65.5 Å². The average Bonchev–Trinajstić information content (AvgIpc) is 2.37. The Bertz CT molecular complexity index is 503. The Morgan fingerprint density at radius 2 is 2.25 bits per heavy atom. The van der Waals surface area contributed by atoms with Gasteiger partial charge in [0.25, 0.3) is 0 Å². The van der Waals surface area contributed by atoms with Crippen LogP contribution in [0.4, 0.5) is 10.5 Å². The smallest absolute Gasteiger partial charge is 0.322 e. The minimum Gasteiger partial charge on any atom is -0.395 e. The van der Waals surface area contributed by atoms with Gasteiger partial charge in [-0.3, -0.25) is 4.98 Å². The van der Waals surface area contributed by atoms with Crippen LogP contribution in [0.5, 0.6) is 0 Å². The number of pyridine rings is 1. The molecule has 2 rings (SSSR count). The minimum absolute atomic E-state index is 0.0151. The maximum absolute atomic E-state index is 12.3. The largest absolute Gasteiger partial charge is 0.395 e. The highest BCUT2D eigenvalue weighted by Gasteiger charge is 2.28. The first-order valence-corrected chi connectivity index (χ1v) is 7.64. The lowest BCUT2D eigenvalue weighted by Gasteiger charge is -2.37. The van der Waals surface area contributed by atoms with E-state index in [9.17, 15) is 4.79 Å². The Hall–Kier alpha value is -1.14. The summed E-state index contributed by atoms with van der Waals surface area (Å²) in [5, 5.41) is 12.0. The Balaban J connectivity index is 2.11. The molecule has 0 radical (unpaired) electrons. The number of carbonyl (C=O) groups is 1. The van der Waals surface area contributed by atoms with E-state index in [0.29, 0.717) is 12.2 Å². The highest BCUT2D eigenvalue weighted by atomic mass is 79.9. The van der Waals surface area contributed by atoms with E-state index in [-0.39, 0.29) is 18.7 Å². The lowest BCUT2D eigenvalue weighted by molar-refractivity contribution is 0.127. The molecule has 1 aliphatic carbocycles. The molecule has 0 aliphatic heterocycles. The van der Waals surface area contributed by atoms with Gasteiger partial charge in [-0.2, -0.15) is 0 Å². The van der Waals surface area contributed by atoms with Crippen LogP contribution in [0.1, 0.15) is 30.5 Å². The van der Waals surface area contributed by atoms with E-state index in [4.69, 9.17) is 5.11 Å². The third-order valence-corrected chi connectivity index (χ3v) is 4.97. The number of anilines is 1. The molecule has 0 saturated heterocycles. The van der Waals surface area contributed by atoms with Gasteiger partial charge in [-0.1, -0.05) is 0 Å². The first-order chi connectivity index (χ1) is 9.54. The number of carbonyl (C=O) groups excluding carboxylic acids is 1. The molecule has 20 heavy (non-hydrogen) atoms. The molecule has 1 aromatic rings. The van der Waals surface area contributed by atoms with Crippen LogP contribution in [-0.4, -0.2) is 40.2 Å². The minimum atomic E-state index is -0.163. The van der Waals surface area contributed by atoms with Gasteiger partial charge in [0.05, 0.1) is 24.2 Å². The van der Waals surface area contributed by atoms with Crippen LogP contribution in [0.3, 0.4) is 0 Å². The molecule has 2 amide bonds. The van der Waals surface area contributed by atoms with Crippen LogP contribution in [0, 0.1) is 13.8 Å². The number of hydrogen-bond acceptors (Lipinski definition) is 3. The third-order valence-electron chi connectivity index (χ3n) is 3.80. The normalized spacial score (nSPS) is 14.8. The number of nitrogens with one attached hydrogen (secondary N) is 1. The predicted molar refractivity (Wildman–Crippen MR) is 81.9 cm³/mol. The molecule has 1 aliphatic rings. The number of aliphatic hydroxyl groups excluding tert-OH is 1. The van der Waals surface area contributed by atoms with Crippen molar-refractivity contribution in [1.29, 1.82) is 0 Å². The van der Waals surface area contributed by atoms with Gasteiger partial charge in [0.2, 0.25) is 0 Å². The van der Waals surface area contributed by atoms with Crippen molar-refractivity contribution in [3.8, 4) is 0 Å². The van der Waals surface area contributed by atoms with Gasteiger partial charge >= 0.3 is 6.03 Å². The van der Waals surface area contributed by atoms with E-state index in [1.807, 2.05) is 13.8 Å². The van der Waals surface area contributed by atoms with E-state index in [1.54, 1.807) is 11.1 Å². The molecule has 110 valence electrons. The van der Waals surface area contributed by atoms with Crippen LogP contribution < -0.4 is 5.32 Å². The zero-order valence-corrected chi connectivity index (χ0v) is 13.4. The van der Waals surface area contributed by atoms with Gasteiger partial charge in [0.15, 0.2) is 0 Å². The first kappa shape index (κ1) is 15.3. The zero-order valence-electron chi connectivity index (χ0n) is 11.8. The van der Waals surface area contributed by atoms with Crippen LogP contribution in [-0.2, 0) is 0 Å². The summed E-state index contributed by atoms with van der Waals surface area (Å²) in [6.45, 7) is 4.21. The highest BCUT2D eigenvalue weighted by molar-refractivity contribution is 9.10. The number of amides is 2. The van der Waals surface area contributed by atoms with Crippen molar-refractivity contribution in [2.75, 3.05) is 18.5 Å². The molecule has 2 N–H and O–H groups in total. The second-order valence-electron chi connectivity index (χ2n) is 5.13. The van der Waals surface area contributed by atoms with Crippen LogP contribution in [0.25, 0.3) is 0 Å². The third kappa shape index (κ3) is 3.12. The summed E-state index contributed by atoms with van der Waals surface area (Å²) < 4.78 is 0.910. The number of halogens is 1. The molecular formula is C14H20BrN3O2. The Labute approximate surface area is 127 Å². The Kier molecular flexibility index (Phi) is 4.99. The summed E-state index contributed by atoms with van der Waals surface area (Å²) in [4.78, 5) is 18.3. The predicted octanol–water partition coefficient (Wildman–Crippen LogP) is 2.84. The van der Waals surface area contributed by atoms with E-state index >= 15 is 0 Å². The number of aryl methyl sites for hydroxylation is 1.